The fraction of sp³-hybridized carbons (Fsp3) is 0.0952. The lowest BCUT2D eigenvalue weighted by molar-refractivity contribution is -0.116. The molecule has 1 aliphatic rings. The third kappa shape index (κ3) is 3.25. The standard InChI is InChI=1S/C21H15FN2O5/c22-13-2-1-3-14(8-13)24-10-16(21(28)29)18-19(24)15(9-17(25)23-18)11-4-6-12(7-5-11)20(26)27/h1-8,10,15H,9H2,(H,23,25)(H,26,27)(H,28,29)/t15-/m1/s1. The zero-order valence-corrected chi connectivity index (χ0v) is 14.9. The van der Waals surface area contributed by atoms with Gasteiger partial charge in [0, 0.05) is 24.2 Å². The average molecular weight is 394 g/mol. The molecule has 0 spiro atoms. The van der Waals surface area contributed by atoms with E-state index in [2.05, 4.69) is 5.32 Å². The summed E-state index contributed by atoms with van der Waals surface area (Å²) in [5, 5.41) is 21.3. The lowest BCUT2D eigenvalue weighted by atomic mass is 9.87. The smallest absolute Gasteiger partial charge is 0.339 e. The number of carbonyl (C=O) groups excluding carboxylic acids is 1. The second kappa shape index (κ2) is 6.90. The van der Waals surface area contributed by atoms with E-state index in [4.69, 9.17) is 5.11 Å². The van der Waals surface area contributed by atoms with Crippen molar-refractivity contribution in [3.8, 4) is 5.69 Å². The van der Waals surface area contributed by atoms with Crippen molar-refractivity contribution in [3.05, 3.63) is 82.9 Å². The van der Waals surface area contributed by atoms with Crippen LogP contribution < -0.4 is 5.32 Å². The van der Waals surface area contributed by atoms with Gasteiger partial charge < -0.3 is 20.1 Å². The number of nitrogens with one attached hydrogen (secondary N) is 1. The number of carboxylic acids is 2. The fourth-order valence-corrected chi connectivity index (χ4v) is 3.60. The summed E-state index contributed by atoms with van der Waals surface area (Å²) in [6.07, 6.45) is 1.39. The van der Waals surface area contributed by atoms with Crippen LogP contribution >= 0.6 is 0 Å². The molecule has 4 rings (SSSR count). The molecule has 0 aliphatic carbocycles. The van der Waals surface area contributed by atoms with Crippen LogP contribution in [0.3, 0.4) is 0 Å². The van der Waals surface area contributed by atoms with Gasteiger partial charge in [0.1, 0.15) is 11.4 Å². The monoisotopic (exact) mass is 394 g/mol. The van der Waals surface area contributed by atoms with E-state index >= 15 is 0 Å². The molecule has 1 amide bonds. The number of aromatic nitrogens is 1. The molecular formula is C21H15FN2O5. The highest BCUT2D eigenvalue weighted by Crippen LogP contribution is 2.41. The summed E-state index contributed by atoms with van der Waals surface area (Å²) >= 11 is 0. The topological polar surface area (TPSA) is 109 Å². The molecule has 146 valence electrons. The molecule has 0 fully saturated rings. The van der Waals surface area contributed by atoms with Gasteiger partial charge in [0.05, 0.1) is 16.9 Å². The Morgan fingerprint density at radius 3 is 2.41 bits per heavy atom. The van der Waals surface area contributed by atoms with Crippen molar-refractivity contribution < 1.29 is 29.0 Å². The number of halogens is 1. The van der Waals surface area contributed by atoms with Crippen molar-refractivity contribution in [3.63, 3.8) is 0 Å². The molecular weight excluding hydrogens is 379 g/mol. The van der Waals surface area contributed by atoms with Crippen molar-refractivity contribution in [2.24, 2.45) is 0 Å². The quantitative estimate of drug-likeness (QED) is 0.628. The second-order valence-electron chi connectivity index (χ2n) is 6.69. The van der Waals surface area contributed by atoms with Gasteiger partial charge in [0.2, 0.25) is 5.91 Å². The second-order valence-corrected chi connectivity index (χ2v) is 6.69. The van der Waals surface area contributed by atoms with Gasteiger partial charge >= 0.3 is 11.9 Å². The van der Waals surface area contributed by atoms with Crippen molar-refractivity contribution in [2.45, 2.75) is 12.3 Å². The normalized spacial score (nSPS) is 15.5. The number of aromatic carboxylic acids is 2. The van der Waals surface area contributed by atoms with Crippen LogP contribution in [0, 0.1) is 5.82 Å². The summed E-state index contributed by atoms with van der Waals surface area (Å²) in [6, 6.07) is 11.7. The van der Waals surface area contributed by atoms with Crippen LogP contribution in [0.25, 0.3) is 5.69 Å². The van der Waals surface area contributed by atoms with Crippen LogP contribution in [-0.4, -0.2) is 32.6 Å². The number of hydrogen-bond donors (Lipinski definition) is 3. The van der Waals surface area contributed by atoms with Gasteiger partial charge in [-0.15, -0.1) is 0 Å². The minimum Gasteiger partial charge on any atom is -0.478 e. The molecule has 0 unspecified atom stereocenters. The van der Waals surface area contributed by atoms with Crippen molar-refractivity contribution >= 4 is 23.5 Å². The van der Waals surface area contributed by atoms with Gasteiger partial charge in [0.15, 0.2) is 0 Å². The molecule has 2 aromatic carbocycles. The predicted molar refractivity (Wildman–Crippen MR) is 101 cm³/mol. The summed E-state index contributed by atoms with van der Waals surface area (Å²) < 4.78 is 15.4. The van der Waals surface area contributed by atoms with E-state index < -0.39 is 23.7 Å². The Balaban J connectivity index is 1.93. The first kappa shape index (κ1) is 18.4. The fourth-order valence-electron chi connectivity index (χ4n) is 3.60. The van der Waals surface area contributed by atoms with Crippen molar-refractivity contribution in [1.82, 2.24) is 4.57 Å². The van der Waals surface area contributed by atoms with Gasteiger partial charge in [0.25, 0.3) is 0 Å². The molecule has 2 heterocycles. The number of benzene rings is 2. The van der Waals surface area contributed by atoms with E-state index in [1.54, 1.807) is 22.8 Å². The first-order chi connectivity index (χ1) is 13.8. The molecule has 1 atom stereocenters. The number of anilines is 1. The molecule has 0 radical (unpaired) electrons. The molecule has 0 bridgehead atoms. The van der Waals surface area contributed by atoms with E-state index in [1.807, 2.05) is 0 Å². The number of hydrogen-bond acceptors (Lipinski definition) is 3. The number of carboxylic acid groups (broad SMARTS) is 2. The predicted octanol–water partition coefficient (Wildman–Crippen LogP) is 3.49. The zero-order valence-electron chi connectivity index (χ0n) is 14.9. The van der Waals surface area contributed by atoms with Gasteiger partial charge in [-0.25, -0.2) is 14.0 Å². The number of carbonyl (C=O) groups is 3. The molecule has 3 aromatic rings. The van der Waals surface area contributed by atoms with Gasteiger partial charge in [-0.2, -0.15) is 0 Å². The highest BCUT2D eigenvalue weighted by atomic mass is 19.1. The van der Waals surface area contributed by atoms with Crippen LogP contribution in [-0.2, 0) is 4.79 Å². The van der Waals surface area contributed by atoms with Crippen LogP contribution in [0.4, 0.5) is 10.1 Å². The maximum atomic E-state index is 13.8. The van der Waals surface area contributed by atoms with Crippen molar-refractivity contribution in [1.29, 1.82) is 0 Å². The van der Waals surface area contributed by atoms with Crippen LogP contribution in [0.15, 0.2) is 54.7 Å². The van der Waals surface area contributed by atoms with Crippen LogP contribution in [0.5, 0.6) is 0 Å². The number of fused-ring (bicyclic) bond motifs is 1. The highest BCUT2D eigenvalue weighted by Gasteiger charge is 2.34. The van der Waals surface area contributed by atoms with E-state index in [-0.39, 0.29) is 29.1 Å². The maximum absolute atomic E-state index is 13.8. The first-order valence-corrected chi connectivity index (χ1v) is 8.72. The van der Waals surface area contributed by atoms with Gasteiger partial charge in [-0.05, 0) is 35.9 Å². The Labute approximate surface area is 164 Å². The van der Waals surface area contributed by atoms with Gasteiger partial charge in [-0.1, -0.05) is 18.2 Å². The average Bonchev–Trinajstić information content (AvgIpc) is 3.07. The SMILES string of the molecule is O=C1C[C@H](c2ccc(C(=O)O)cc2)c2c(c(C(=O)O)cn2-c2cccc(F)c2)N1. The zero-order chi connectivity index (χ0) is 20.7. The van der Waals surface area contributed by atoms with E-state index in [9.17, 15) is 23.9 Å². The molecule has 1 aliphatic heterocycles. The maximum Gasteiger partial charge on any atom is 0.339 e. The van der Waals surface area contributed by atoms with Gasteiger partial charge in [-0.3, -0.25) is 4.79 Å². The Hall–Kier alpha value is -3.94. The summed E-state index contributed by atoms with van der Waals surface area (Å²) in [5.74, 6) is -3.67. The number of amides is 1. The highest BCUT2D eigenvalue weighted by molar-refractivity contribution is 6.04. The Bertz CT molecular complexity index is 1150. The molecule has 0 saturated heterocycles. The summed E-state index contributed by atoms with van der Waals surface area (Å²) in [7, 11) is 0. The molecule has 1 aromatic heterocycles. The summed E-state index contributed by atoms with van der Waals surface area (Å²) in [4.78, 5) is 35.2. The lowest BCUT2D eigenvalue weighted by Gasteiger charge is -2.26. The third-order valence-corrected chi connectivity index (χ3v) is 4.90. The van der Waals surface area contributed by atoms with E-state index in [1.165, 1.54) is 36.5 Å². The summed E-state index contributed by atoms with van der Waals surface area (Å²) in [5.41, 5.74) is 1.71. The lowest BCUT2D eigenvalue weighted by Crippen LogP contribution is -2.25. The molecule has 7 nitrogen and oxygen atoms in total. The minimum atomic E-state index is -1.22. The van der Waals surface area contributed by atoms with Crippen LogP contribution in [0.2, 0.25) is 0 Å². The Kier molecular flexibility index (Phi) is 4.38. The van der Waals surface area contributed by atoms with E-state index in [0.29, 0.717) is 16.9 Å². The van der Waals surface area contributed by atoms with E-state index in [0.717, 1.165) is 0 Å². The minimum absolute atomic E-state index is 0.0395. The number of nitrogens with zero attached hydrogens (tertiary/aromatic N) is 1. The summed E-state index contributed by atoms with van der Waals surface area (Å²) in [6.45, 7) is 0. The van der Waals surface area contributed by atoms with Crippen molar-refractivity contribution in [2.75, 3.05) is 5.32 Å². The Morgan fingerprint density at radius 1 is 1.07 bits per heavy atom. The number of rotatable bonds is 4. The molecule has 8 heteroatoms. The Morgan fingerprint density at radius 2 is 1.79 bits per heavy atom. The largest absolute Gasteiger partial charge is 0.478 e. The molecule has 29 heavy (non-hydrogen) atoms. The molecule has 3 N–H and O–H groups in total. The van der Waals surface area contributed by atoms with Crippen LogP contribution in [0.1, 0.15) is 44.3 Å². The molecule has 0 saturated carbocycles. The third-order valence-electron chi connectivity index (χ3n) is 4.90. The first-order valence-electron chi connectivity index (χ1n) is 8.72.